The second-order valence-corrected chi connectivity index (χ2v) is 12.4. The summed E-state index contributed by atoms with van der Waals surface area (Å²) in [7, 11) is 0. The summed E-state index contributed by atoms with van der Waals surface area (Å²) in [4.78, 5) is 0. The van der Waals surface area contributed by atoms with Gasteiger partial charge in [-0.15, -0.1) is 0 Å². The third kappa shape index (κ3) is 1.46. The predicted octanol–water partition coefficient (Wildman–Crippen LogP) is 5.75. The van der Waals surface area contributed by atoms with Crippen molar-refractivity contribution in [2.45, 2.75) is 25.7 Å². The van der Waals surface area contributed by atoms with Gasteiger partial charge in [-0.1, -0.05) is 48.6 Å². The molecule has 0 atom stereocenters. The molecule has 6 saturated carbocycles. The SMILES string of the molecule is C1=CC2CC1C1C2C2C3C=CC(C3)C12.C1=CC2CC1C1C2C2C3C=CC(C3)C12. The average Bonchev–Trinajstić information content (AvgIpc) is 3.48. The summed E-state index contributed by atoms with van der Waals surface area (Å²) in [6, 6.07) is 0. The van der Waals surface area contributed by atoms with E-state index in [-0.39, 0.29) is 0 Å². The van der Waals surface area contributed by atoms with Crippen LogP contribution < -0.4 is 0 Å². The second-order valence-electron chi connectivity index (χ2n) is 12.4. The highest BCUT2D eigenvalue weighted by atomic mass is 14.7. The molecular weight excluding hydrogens is 336 g/mol. The van der Waals surface area contributed by atoms with Crippen molar-refractivity contribution in [1.82, 2.24) is 0 Å². The van der Waals surface area contributed by atoms with Crippen LogP contribution in [0.25, 0.3) is 0 Å². The first-order valence-electron chi connectivity index (χ1n) is 12.6. The van der Waals surface area contributed by atoms with Crippen LogP contribution in [0.5, 0.6) is 0 Å². The van der Waals surface area contributed by atoms with Crippen LogP contribution in [0.1, 0.15) is 25.7 Å². The number of allylic oxidation sites excluding steroid dienone is 8. The first-order valence-corrected chi connectivity index (χ1v) is 12.6. The molecule has 0 heterocycles. The highest BCUT2D eigenvalue weighted by Gasteiger charge is 2.68. The molecule has 0 saturated heterocycles. The molecule has 0 unspecified atom stereocenters. The van der Waals surface area contributed by atoms with E-state index in [4.69, 9.17) is 0 Å². The van der Waals surface area contributed by atoms with E-state index >= 15 is 0 Å². The number of hydrogen-bond acceptors (Lipinski definition) is 0. The zero-order chi connectivity index (χ0) is 17.7. The highest BCUT2D eigenvalue weighted by Crippen LogP contribution is 2.74. The molecule has 0 aromatic rings. The van der Waals surface area contributed by atoms with Crippen molar-refractivity contribution < 1.29 is 0 Å². The van der Waals surface area contributed by atoms with Gasteiger partial charge >= 0.3 is 0 Å². The molecule has 0 N–H and O–H groups in total. The number of rotatable bonds is 0. The Balaban J connectivity index is 0.0000000926. The topological polar surface area (TPSA) is 0 Å². The fourth-order valence-electron chi connectivity index (χ4n) is 11.6. The molecule has 28 heavy (non-hydrogen) atoms. The van der Waals surface area contributed by atoms with Gasteiger partial charge in [-0.2, -0.15) is 0 Å². The molecule has 10 aliphatic rings. The highest BCUT2D eigenvalue weighted by molar-refractivity contribution is 5.30. The van der Waals surface area contributed by atoms with Gasteiger partial charge in [-0.05, 0) is 120 Å². The van der Waals surface area contributed by atoms with Gasteiger partial charge in [0.1, 0.15) is 0 Å². The third-order valence-corrected chi connectivity index (χ3v) is 12.1. The monoisotopic (exact) mass is 368 g/mol. The minimum atomic E-state index is 0.999. The van der Waals surface area contributed by atoms with Crippen molar-refractivity contribution in [2.75, 3.05) is 0 Å². The van der Waals surface area contributed by atoms with Crippen LogP contribution in [-0.4, -0.2) is 0 Å². The number of fused-ring (bicyclic) bond motifs is 24. The summed E-state index contributed by atoms with van der Waals surface area (Å²) in [5.74, 6) is 17.0. The van der Waals surface area contributed by atoms with E-state index < -0.39 is 0 Å². The Morgan fingerprint density at radius 3 is 0.536 bits per heavy atom. The van der Waals surface area contributed by atoms with Gasteiger partial charge in [0, 0.05) is 0 Å². The first-order chi connectivity index (χ1) is 13.9. The Hall–Kier alpha value is -1.04. The Morgan fingerprint density at radius 1 is 0.250 bits per heavy atom. The standard InChI is InChI=1S/2C14H16/c2*1-2-8-5-7(1)11-12(8)14-10-4-3-9(6-10)13(11)14/h2*1-4,7-14H,5-6H2. The molecule has 0 aromatic heterocycles. The molecular formula is C28H32. The van der Waals surface area contributed by atoms with Gasteiger partial charge in [0.15, 0.2) is 0 Å². The molecule has 144 valence electrons. The van der Waals surface area contributed by atoms with Crippen molar-refractivity contribution in [1.29, 1.82) is 0 Å². The van der Waals surface area contributed by atoms with Gasteiger partial charge in [-0.25, -0.2) is 0 Å². The van der Waals surface area contributed by atoms with E-state index in [0.29, 0.717) is 0 Å². The molecule has 8 bridgehead atoms. The Bertz CT molecular complexity index is 648. The fraction of sp³-hybridized carbons (Fsp3) is 0.714. The molecule has 10 rings (SSSR count). The van der Waals surface area contributed by atoms with E-state index in [9.17, 15) is 0 Å². The van der Waals surface area contributed by atoms with E-state index in [0.717, 1.165) is 94.7 Å². The van der Waals surface area contributed by atoms with Crippen molar-refractivity contribution in [3.63, 3.8) is 0 Å². The largest absolute Gasteiger partial charge is 0.0848 e. The van der Waals surface area contributed by atoms with Crippen LogP contribution >= 0.6 is 0 Å². The van der Waals surface area contributed by atoms with E-state index in [1.165, 1.54) is 25.7 Å². The van der Waals surface area contributed by atoms with E-state index in [2.05, 4.69) is 48.6 Å². The van der Waals surface area contributed by atoms with Gasteiger partial charge < -0.3 is 0 Å². The second kappa shape index (κ2) is 4.65. The Morgan fingerprint density at radius 2 is 0.393 bits per heavy atom. The minimum absolute atomic E-state index is 0.999. The van der Waals surface area contributed by atoms with Gasteiger partial charge in [0.2, 0.25) is 0 Å². The van der Waals surface area contributed by atoms with Gasteiger partial charge in [0.25, 0.3) is 0 Å². The van der Waals surface area contributed by atoms with Crippen LogP contribution in [0.4, 0.5) is 0 Å². The maximum Gasteiger partial charge on any atom is -0.0193 e. The molecule has 0 aromatic carbocycles. The zero-order valence-electron chi connectivity index (χ0n) is 16.7. The maximum atomic E-state index is 2.54. The normalized spacial score (nSPS) is 69.7. The van der Waals surface area contributed by atoms with E-state index in [1.54, 1.807) is 0 Å². The third-order valence-electron chi connectivity index (χ3n) is 12.1. The molecule has 0 spiro atoms. The molecule has 6 fully saturated rings. The lowest BCUT2D eigenvalue weighted by Crippen LogP contribution is -2.50. The van der Waals surface area contributed by atoms with Crippen molar-refractivity contribution in [3.05, 3.63) is 48.6 Å². The lowest BCUT2D eigenvalue weighted by atomic mass is 9.50. The quantitative estimate of drug-likeness (QED) is 0.477. The minimum Gasteiger partial charge on any atom is -0.0848 e. The first kappa shape index (κ1) is 14.9. The smallest absolute Gasteiger partial charge is 0.0193 e. The number of hydrogen-bond donors (Lipinski definition) is 0. The van der Waals surface area contributed by atoms with Crippen LogP contribution in [0, 0.1) is 94.7 Å². The van der Waals surface area contributed by atoms with Crippen molar-refractivity contribution in [2.24, 2.45) is 94.7 Å². The Labute approximate surface area is 169 Å². The summed E-state index contributed by atoms with van der Waals surface area (Å²) < 4.78 is 0. The van der Waals surface area contributed by atoms with Gasteiger partial charge in [-0.3, -0.25) is 0 Å². The van der Waals surface area contributed by atoms with Crippen molar-refractivity contribution >= 4 is 0 Å². The van der Waals surface area contributed by atoms with Gasteiger partial charge in [0.05, 0.1) is 0 Å². The lowest BCUT2D eigenvalue weighted by molar-refractivity contribution is -0.0372. The average molecular weight is 369 g/mol. The van der Waals surface area contributed by atoms with E-state index in [1.807, 2.05) is 0 Å². The molecule has 0 heteroatoms. The zero-order valence-corrected chi connectivity index (χ0v) is 16.7. The fourth-order valence-corrected chi connectivity index (χ4v) is 11.6. The summed E-state index contributed by atoms with van der Waals surface area (Å²) in [6.45, 7) is 0. The van der Waals surface area contributed by atoms with Crippen LogP contribution in [0.2, 0.25) is 0 Å². The predicted molar refractivity (Wildman–Crippen MR) is 111 cm³/mol. The lowest BCUT2D eigenvalue weighted by Gasteiger charge is -2.54. The van der Waals surface area contributed by atoms with Crippen molar-refractivity contribution in [3.8, 4) is 0 Å². The summed E-state index contributed by atoms with van der Waals surface area (Å²) in [6.07, 6.45) is 26.4. The van der Waals surface area contributed by atoms with Crippen LogP contribution in [0.15, 0.2) is 48.6 Å². The molecule has 0 radical (unpaired) electrons. The summed E-state index contributed by atoms with van der Waals surface area (Å²) in [5, 5.41) is 0. The molecule has 10 aliphatic carbocycles. The van der Waals surface area contributed by atoms with Crippen LogP contribution in [-0.2, 0) is 0 Å². The molecule has 0 amide bonds. The summed E-state index contributed by atoms with van der Waals surface area (Å²) in [5.41, 5.74) is 0. The maximum absolute atomic E-state index is 2.54. The van der Waals surface area contributed by atoms with Crippen LogP contribution in [0.3, 0.4) is 0 Å². The summed E-state index contributed by atoms with van der Waals surface area (Å²) >= 11 is 0. The molecule has 0 nitrogen and oxygen atoms in total. The molecule has 0 aliphatic heterocycles. The Kier molecular flexibility index (Phi) is 2.47.